The summed E-state index contributed by atoms with van der Waals surface area (Å²) < 4.78 is 1.45. The average molecular weight is 322 g/mol. The van der Waals surface area contributed by atoms with Crippen LogP contribution < -0.4 is 10.6 Å². The summed E-state index contributed by atoms with van der Waals surface area (Å²) in [6, 6.07) is 0. The number of nitrogens with zero attached hydrogens (tertiary/aromatic N) is 4. The van der Waals surface area contributed by atoms with Crippen LogP contribution in [-0.2, 0) is 17.9 Å². The van der Waals surface area contributed by atoms with Gasteiger partial charge >= 0.3 is 0 Å². The molecule has 2 aromatic heterocycles. The van der Waals surface area contributed by atoms with Crippen molar-refractivity contribution in [3.8, 4) is 0 Å². The van der Waals surface area contributed by atoms with Gasteiger partial charge in [0.25, 0.3) is 5.91 Å². The molecule has 0 atom stereocenters. The minimum atomic E-state index is -0.291. The fourth-order valence-corrected chi connectivity index (χ4v) is 2.59. The maximum absolute atomic E-state index is 12.1. The second-order valence-electron chi connectivity index (χ2n) is 4.92. The largest absolute Gasteiger partial charge is 0.358 e. The number of hydrogen-bond acceptors (Lipinski definition) is 6. The summed E-state index contributed by atoms with van der Waals surface area (Å²) in [6.45, 7) is 0.804. The number of likely N-dealkylation sites (N-methyl/N-ethyl adjacent to an activating group) is 1. The molecule has 0 aliphatic carbocycles. The number of anilines is 1. The number of carbonyl (C=O) groups excluding carboxylic acids is 2. The molecule has 2 rings (SSSR count). The van der Waals surface area contributed by atoms with Gasteiger partial charge in [-0.3, -0.25) is 14.3 Å². The third-order valence-electron chi connectivity index (χ3n) is 2.71. The molecule has 118 valence electrons. The molecule has 8 nitrogen and oxygen atoms in total. The molecule has 0 aliphatic heterocycles. The van der Waals surface area contributed by atoms with E-state index in [-0.39, 0.29) is 18.4 Å². The Balaban J connectivity index is 1.97. The van der Waals surface area contributed by atoms with Gasteiger partial charge in [0.1, 0.15) is 17.2 Å². The van der Waals surface area contributed by atoms with Crippen molar-refractivity contribution in [3.63, 3.8) is 0 Å². The summed E-state index contributed by atoms with van der Waals surface area (Å²) in [5, 5.41) is 11.8. The lowest BCUT2D eigenvalue weighted by Crippen LogP contribution is -2.23. The second-order valence-corrected chi connectivity index (χ2v) is 5.86. The fourth-order valence-electron chi connectivity index (χ4n) is 1.69. The van der Waals surface area contributed by atoms with Gasteiger partial charge in [0.2, 0.25) is 5.91 Å². The van der Waals surface area contributed by atoms with Crippen LogP contribution in [0.3, 0.4) is 0 Å². The summed E-state index contributed by atoms with van der Waals surface area (Å²) in [7, 11) is 5.45. The number of thiazole rings is 1. The number of aromatic nitrogens is 3. The van der Waals surface area contributed by atoms with E-state index in [9.17, 15) is 9.59 Å². The quantitative estimate of drug-likeness (QED) is 0.803. The standard InChI is InChI=1S/C13H18N6O2S/c1-14-11(20)6-19-5-9(4-15-19)16-13(21)10-8-22-12(17-10)7-18(2)3/h4-5,8H,6-7H2,1-3H3,(H,14,20)(H,16,21). The van der Waals surface area contributed by atoms with Crippen molar-refractivity contribution in [3.05, 3.63) is 28.5 Å². The number of amides is 2. The Morgan fingerprint density at radius 2 is 2.18 bits per heavy atom. The van der Waals surface area contributed by atoms with Crippen molar-refractivity contribution in [1.82, 2.24) is 25.0 Å². The van der Waals surface area contributed by atoms with Crippen molar-refractivity contribution < 1.29 is 9.59 Å². The van der Waals surface area contributed by atoms with Gasteiger partial charge in [-0.15, -0.1) is 11.3 Å². The van der Waals surface area contributed by atoms with Crippen LogP contribution in [0, 0.1) is 0 Å². The van der Waals surface area contributed by atoms with E-state index in [1.807, 2.05) is 19.0 Å². The molecule has 2 aromatic rings. The van der Waals surface area contributed by atoms with Crippen molar-refractivity contribution in [2.75, 3.05) is 26.5 Å². The summed E-state index contributed by atoms with van der Waals surface area (Å²) >= 11 is 1.45. The van der Waals surface area contributed by atoms with Crippen molar-refractivity contribution >= 4 is 28.8 Å². The molecule has 2 heterocycles. The maximum atomic E-state index is 12.1. The molecule has 0 saturated carbocycles. The smallest absolute Gasteiger partial charge is 0.275 e. The first-order chi connectivity index (χ1) is 10.5. The van der Waals surface area contributed by atoms with Gasteiger partial charge in [0.05, 0.1) is 11.9 Å². The van der Waals surface area contributed by atoms with Crippen LogP contribution >= 0.6 is 11.3 Å². The Hall–Kier alpha value is -2.26. The number of hydrogen-bond donors (Lipinski definition) is 2. The molecular weight excluding hydrogens is 304 g/mol. The molecule has 0 aromatic carbocycles. The summed E-state index contributed by atoms with van der Waals surface area (Å²) in [5.41, 5.74) is 0.900. The van der Waals surface area contributed by atoms with E-state index in [0.717, 1.165) is 5.01 Å². The molecule has 9 heteroatoms. The van der Waals surface area contributed by atoms with E-state index in [0.29, 0.717) is 17.9 Å². The topological polar surface area (TPSA) is 92.2 Å². The zero-order valence-electron chi connectivity index (χ0n) is 12.7. The molecular formula is C13H18N6O2S. The predicted octanol–water partition coefficient (Wildman–Crippen LogP) is 0.399. The summed E-state index contributed by atoms with van der Waals surface area (Å²) in [4.78, 5) is 29.6. The third-order valence-corrected chi connectivity index (χ3v) is 3.55. The van der Waals surface area contributed by atoms with Crippen LogP contribution in [0.15, 0.2) is 17.8 Å². The van der Waals surface area contributed by atoms with Crippen LogP contribution in [0.5, 0.6) is 0 Å². The minimum Gasteiger partial charge on any atom is -0.358 e. The van der Waals surface area contributed by atoms with Gasteiger partial charge in [-0.2, -0.15) is 5.10 Å². The Morgan fingerprint density at radius 3 is 2.86 bits per heavy atom. The maximum Gasteiger partial charge on any atom is 0.275 e. The SMILES string of the molecule is CNC(=O)Cn1cc(NC(=O)c2csc(CN(C)C)n2)cn1. The summed E-state index contributed by atoms with van der Waals surface area (Å²) in [6.07, 6.45) is 3.09. The molecule has 2 N–H and O–H groups in total. The highest BCUT2D eigenvalue weighted by Crippen LogP contribution is 2.13. The minimum absolute atomic E-state index is 0.107. The van der Waals surface area contributed by atoms with E-state index in [4.69, 9.17) is 0 Å². The van der Waals surface area contributed by atoms with E-state index in [1.54, 1.807) is 18.6 Å². The van der Waals surface area contributed by atoms with Gasteiger partial charge in [-0.05, 0) is 14.1 Å². The zero-order valence-corrected chi connectivity index (χ0v) is 13.5. The van der Waals surface area contributed by atoms with E-state index in [1.165, 1.54) is 22.2 Å². The van der Waals surface area contributed by atoms with E-state index < -0.39 is 0 Å². The van der Waals surface area contributed by atoms with Crippen LogP contribution in [-0.4, -0.2) is 52.6 Å². The molecule has 0 spiro atoms. The molecule has 0 bridgehead atoms. The molecule has 2 amide bonds. The van der Waals surface area contributed by atoms with E-state index in [2.05, 4.69) is 20.7 Å². The monoisotopic (exact) mass is 322 g/mol. The number of carbonyl (C=O) groups is 2. The molecule has 0 aliphatic rings. The fraction of sp³-hybridized carbons (Fsp3) is 0.385. The van der Waals surface area contributed by atoms with Gasteiger partial charge < -0.3 is 15.5 Å². The normalized spacial score (nSPS) is 10.7. The molecule has 0 radical (unpaired) electrons. The highest BCUT2D eigenvalue weighted by molar-refractivity contribution is 7.09. The number of nitrogens with one attached hydrogen (secondary N) is 2. The van der Waals surface area contributed by atoms with Crippen LogP contribution in [0.25, 0.3) is 0 Å². The molecule has 22 heavy (non-hydrogen) atoms. The first kappa shape index (κ1) is 16.1. The highest BCUT2D eigenvalue weighted by Gasteiger charge is 2.12. The summed E-state index contributed by atoms with van der Waals surface area (Å²) in [5.74, 6) is -0.449. The Kier molecular flexibility index (Phi) is 5.23. The van der Waals surface area contributed by atoms with Crippen LogP contribution in [0.4, 0.5) is 5.69 Å². The van der Waals surface area contributed by atoms with Crippen LogP contribution in [0.1, 0.15) is 15.5 Å². The van der Waals surface area contributed by atoms with E-state index >= 15 is 0 Å². The van der Waals surface area contributed by atoms with Crippen molar-refractivity contribution in [1.29, 1.82) is 0 Å². The second kappa shape index (κ2) is 7.14. The lowest BCUT2D eigenvalue weighted by molar-refractivity contribution is -0.121. The van der Waals surface area contributed by atoms with Gasteiger partial charge in [0.15, 0.2) is 0 Å². The van der Waals surface area contributed by atoms with Gasteiger partial charge in [-0.1, -0.05) is 0 Å². The molecule has 0 fully saturated rings. The predicted molar refractivity (Wildman–Crippen MR) is 83.8 cm³/mol. The van der Waals surface area contributed by atoms with Gasteiger partial charge in [0, 0.05) is 25.2 Å². The van der Waals surface area contributed by atoms with Crippen LogP contribution in [0.2, 0.25) is 0 Å². The first-order valence-electron chi connectivity index (χ1n) is 6.61. The Morgan fingerprint density at radius 1 is 1.41 bits per heavy atom. The number of rotatable bonds is 6. The van der Waals surface area contributed by atoms with Crippen molar-refractivity contribution in [2.24, 2.45) is 0 Å². The first-order valence-corrected chi connectivity index (χ1v) is 7.49. The Bertz CT molecular complexity index is 663. The highest BCUT2D eigenvalue weighted by atomic mass is 32.1. The lowest BCUT2D eigenvalue weighted by atomic mass is 10.4. The zero-order chi connectivity index (χ0) is 16.1. The molecule has 0 unspecified atom stereocenters. The molecule has 0 saturated heterocycles. The van der Waals surface area contributed by atoms with Gasteiger partial charge in [-0.25, -0.2) is 4.98 Å². The lowest BCUT2D eigenvalue weighted by Gasteiger charge is -2.05. The third kappa shape index (κ3) is 4.37. The van der Waals surface area contributed by atoms with Crippen molar-refractivity contribution in [2.45, 2.75) is 13.1 Å². The Labute approximate surface area is 132 Å². The average Bonchev–Trinajstić information content (AvgIpc) is 3.07.